The molecule has 2 heterocycles. The molecule has 11 heteroatoms. The van der Waals surface area contributed by atoms with Crippen LogP contribution < -0.4 is 14.8 Å². The van der Waals surface area contributed by atoms with Gasteiger partial charge in [0, 0.05) is 23.0 Å². The number of nitrogens with zero attached hydrogens (tertiary/aromatic N) is 4. The van der Waals surface area contributed by atoms with Gasteiger partial charge in [0.1, 0.15) is 17.3 Å². The molecule has 1 N–H and O–H groups in total. The summed E-state index contributed by atoms with van der Waals surface area (Å²) in [6.07, 6.45) is -4.84. The van der Waals surface area contributed by atoms with Gasteiger partial charge in [-0.25, -0.2) is 9.67 Å². The molecule has 2 aromatic heterocycles. The third-order valence-corrected chi connectivity index (χ3v) is 4.69. The van der Waals surface area contributed by atoms with Gasteiger partial charge in [0.05, 0.1) is 5.69 Å². The van der Waals surface area contributed by atoms with Crippen molar-refractivity contribution >= 4 is 11.6 Å². The monoisotopic (exact) mass is 483 g/mol. The number of alkyl halides is 3. The Morgan fingerprint density at radius 3 is 2.34 bits per heavy atom. The van der Waals surface area contributed by atoms with Crippen LogP contribution in [0.25, 0.3) is 5.82 Å². The van der Waals surface area contributed by atoms with E-state index in [0.29, 0.717) is 29.0 Å². The third kappa shape index (κ3) is 6.14. The molecular weight excluding hydrogens is 463 g/mol. The van der Waals surface area contributed by atoms with Crippen LogP contribution in [0.2, 0.25) is 0 Å². The van der Waals surface area contributed by atoms with Gasteiger partial charge in [0.2, 0.25) is 5.88 Å². The van der Waals surface area contributed by atoms with E-state index in [4.69, 9.17) is 4.74 Å². The Morgan fingerprint density at radius 2 is 1.69 bits per heavy atom. The van der Waals surface area contributed by atoms with Gasteiger partial charge < -0.3 is 14.8 Å². The first-order chi connectivity index (χ1) is 16.6. The van der Waals surface area contributed by atoms with Gasteiger partial charge in [-0.15, -0.1) is 13.2 Å². The van der Waals surface area contributed by atoms with E-state index in [0.717, 1.165) is 23.5 Å². The second-order valence-electron chi connectivity index (χ2n) is 7.61. The number of aromatic nitrogens is 4. The molecule has 8 nitrogen and oxygen atoms in total. The molecule has 0 fully saturated rings. The number of rotatable bonds is 6. The van der Waals surface area contributed by atoms with Gasteiger partial charge in [-0.3, -0.25) is 4.79 Å². The van der Waals surface area contributed by atoms with Crippen LogP contribution in [0.5, 0.6) is 17.4 Å². The highest BCUT2D eigenvalue weighted by atomic mass is 19.4. The molecule has 0 aliphatic rings. The Morgan fingerprint density at radius 1 is 0.943 bits per heavy atom. The minimum atomic E-state index is -4.84. The van der Waals surface area contributed by atoms with Gasteiger partial charge in [0.25, 0.3) is 5.91 Å². The average Bonchev–Trinajstić information content (AvgIpc) is 3.11. The number of benzene rings is 2. The van der Waals surface area contributed by atoms with Crippen LogP contribution in [0.1, 0.15) is 27.6 Å². The first kappa shape index (κ1) is 23.7. The zero-order chi connectivity index (χ0) is 25.2. The number of hydrogen-bond donors (Lipinski definition) is 1. The Hall–Kier alpha value is -4.41. The van der Waals surface area contributed by atoms with E-state index in [1.165, 1.54) is 12.1 Å². The van der Waals surface area contributed by atoms with Crippen molar-refractivity contribution in [3.05, 3.63) is 83.4 Å². The fraction of sp³-hybridized carbons (Fsp3) is 0.167. The second-order valence-corrected chi connectivity index (χ2v) is 7.61. The molecule has 180 valence electrons. The van der Waals surface area contributed by atoms with Gasteiger partial charge in [-0.2, -0.15) is 10.1 Å². The number of nitrogens with one attached hydrogen (secondary N) is 1. The van der Waals surface area contributed by atoms with Crippen LogP contribution in [0.4, 0.5) is 18.9 Å². The summed E-state index contributed by atoms with van der Waals surface area (Å²) in [6.45, 7) is 5.56. The summed E-state index contributed by atoms with van der Waals surface area (Å²) in [5.74, 6) is 0.782. The molecular formula is C24H20F3N5O3. The van der Waals surface area contributed by atoms with E-state index in [-0.39, 0.29) is 5.56 Å². The Kier molecular flexibility index (Phi) is 6.41. The molecule has 4 aromatic rings. The number of carbonyl (C=O) groups excluding carboxylic acids is 1. The highest BCUT2D eigenvalue weighted by Crippen LogP contribution is 2.25. The van der Waals surface area contributed by atoms with Gasteiger partial charge >= 0.3 is 6.36 Å². The van der Waals surface area contributed by atoms with E-state index in [1.54, 1.807) is 41.9 Å². The van der Waals surface area contributed by atoms with Crippen molar-refractivity contribution in [2.75, 3.05) is 5.32 Å². The Bertz CT molecular complexity index is 1370. The largest absolute Gasteiger partial charge is 0.573 e. The fourth-order valence-electron chi connectivity index (χ4n) is 3.31. The number of ether oxygens (including phenoxy) is 2. The standard InChI is InChI=1S/C24H20F3N5O3/c1-14-11-15(2)32(31-14)21-13-22(29-16(3)28-21)34-19-9-7-18(8-10-19)30-23(33)17-5-4-6-20(12-17)35-24(25,26)27/h4-13H,1-3H3,(H,30,33). The minimum Gasteiger partial charge on any atom is -0.439 e. The quantitative estimate of drug-likeness (QED) is 0.388. The van der Waals surface area contributed by atoms with Crippen molar-refractivity contribution in [1.29, 1.82) is 0 Å². The fourth-order valence-corrected chi connectivity index (χ4v) is 3.31. The molecule has 0 aliphatic heterocycles. The van der Waals surface area contributed by atoms with Crippen molar-refractivity contribution in [3.63, 3.8) is 0 Å². The molecule has 0 bridgehead atoms. The molecule has 0 radical (unpaired) electrons. The number of amides is 1. The highest BCUT2D eigenvalue weighted by Gasteiger charge is 2.31. The molecule has 1 amide bonds. The zero-order valence-corrected chi connectivity index (χ0v) is 18.9. The summed E-state index contributed by atoms with van der Waals surface area (Å²) in [7, 11) is 0. The number of aryl methyl sites for hydroxylation is 3. The van der Waals surface area contributed by atoms with Crippen LogP contribution in [0, 0.1) is 20.8 Å². The van der Waals surface area contributed by atoms with Crippen LogP contribution in [0.15, 0.2) is 60.7 Å². The summed E-state index contributed by atoms with van der Waals surface area (Å²) in [5.41, 5.74) is 2.22. The van der Waals surface area contributed by atoms with Crippen molar-refractivity contribution in [3.8, 4) is 23.2 Å². The van der Waals surface area contributed by atoms with Crippen molar-refractivity contribution in [1.82, 2.24) is 19.7 Å². The smallest absolute Gasteiger partial charge is 0.439 e. The van der Waals surface area contributed by atoms with Crippen molar-refractivity contribution < 1.29 is 27.4 Å². The third-order valence-electron chi connectivity index (χ3n) is 4.69. The van der Waals surface area contributed by atoms with E-state index in [9.17, 15) is 18.0 Å². The van der Waals surface area contributed by atoms with Crippen LogP contribution in [-0.4, -0.2) is 32.0 Å². The second kappa shape index (κ2) is 9.45. The number of halogens is 3. The first-order valence-electron chi connectivity index (χ1n) is 10.4. The maximum atomic E-state index is 12.4. The molecule has 0 unspecified atom stereocenters. The first-order valence-corrected chi connectivity index (χ1v) is 10.4. The van der Waals surface area contributed by atoms with Crippen LogP contribution >= 0.6 is 0 Å². The summed E-state index contributed by atoms with van der Waals surface area (Å²) in [4.78, 5) is 21.2. The van der Waals surface area contributed by atoms with Crippen LogP contribution in [0.3, 0.4) is 0 Å². The van der Waals surface area contributed by atoms with Gasteiger partial charge in [-0.1, -0.05) is 6.07 Å². The molecule has 0 spiro atoms. The maximum absolute atomic E-state index is 12.4. The molecule has 4 rings (SSSR count). The zero-order valence-electron chi connectivity index (χ0n) is 18.9. The van der Waals surface area contributed by atoms with E-state index in [2.05, 4.69) is 25.1 Å². The summed E-state index contributed by atoms with van der Waals surface area (Å²) in [5, 5.41) is 7.04. The Labute approximate surface area is 198 Å². The van der Waals surface area contributed by atoms with Gasteiger partial charge in [-0.05, 0) is 69.3 Å². The average molecular weight is 483 g/mol. The van der Waals surface area contributed by atoms with Gasteiger partial charge in [0.15, 0.2) is 5.82 Å². The van der Waals surface area contributed by atoms with E-state index < -0.39 is 18.0 Å². The molecule has 35 heavy (non-hydrogen) atoms. The van der Waals surface area contributed by atoms with E-state index >= 15 is 0 Å². The molecule has 0 saturated heterocycles. The summed E-state index contributed by atoms with van der Waals surface area (Å²) >= 11 is 0. The van der Waals surface area contributed by atoms with Crippen LogP contribution in [-0.2, 0) is 0 Å². The lowest BCUT2D eigenvalue weighted by Crippen LogP contribution is -2.18. The minimum absolute atomic E-state index is 0.0141. The normalized spacial score (nSPS) is 11.3. The maximum Gasteiger partial charge on any atom is 0.573 e. The number of anilines is 1. The highest BCUT2D eigenvalue weighted by molar-refractivity contribution is 6.04. The van der Waals surface area contributed by atoms with Crippen molar-refractivity contribution in [2.45, 2.75) is 27.1 Å². The number of hydrogen-bond acceptors (Lipinski definition) is 6. The molecule has 0 atom stereocenters. The lowest BCUT2D eigenvalue weighted by molar-refractivity contribution is -0.274. The Balaban J connectivity index is 1.45. The summed E-state index contributed by atoms with van der Waals surface area (Å²) < 4.78 is 48.7. The molecule has 0 aliphatic carbocycles. The SMILES string of the molecule is Cc1cc(C)n(-c2cc(Oc3ccc(NC(=O)c4cccc(OC(F)(F)F)c4)cc3)nc(C)n2)n1. The lowest BCUT2D eigenvalue weighted by Gasteiger charge is -2.11. The predicted molar refractivity (Wildman–Crippen MR) is 121 cm³/mol. The molecule has 2 aromatic carbocycles. The topological polar surface area (TPSA) is 91.2 Å². The molecule has 0 saturated carbocycles. The summed E-state index contributed by atoms with van der Waals surface area (Å²) in [6, 6.07) is 14.9. The predicted octanol–water partition coefficient (Wildman–Crippen LogP) is 5.53. The van der Waals surface area contributed by atoms with Crippen molar-refractivity contribution in [2.24, 2.45) is 0 Å². The lowest BCUT2D eigenvalue weighted by atomic mass is 10.2. The number of carbonyl (C=O) groups is 1. The van der Waals surface area contributed by atoms with E-state index in [1.807, 2.05) is 19.9 Å².